The zero-order valence-electron chi connectivity index (χ0n) is 66.8. The monoisotopic (exact) mass is 1390 g/mol. The van der Waals surface area contributed by atoms with Crippen LogP contribution in [0.4, 0.5) is 11.4 Å². The van der Waals surface area contributed by atoms with Gasteiger partial charge in [-0.2, -0.15) is 0 Å². The molecule has 0 saturated heterocycles. The van der Waals surface area contributed by atoms with Gasteiger partial charge in [0.2, 0.25) is 11.5 Å². The van der Waals surface area contributed by atoms with E-state index in [4.69, 9.17) is 38.4 Å². The van der Waals surface area contributed by atoms with Gasteiger partial charge in [-0.3, -0.25) is 9.98 Å². The van der Waals surface area contributed by atoms with Crippen molar-refractivity contribution >= 4 is 23.8 Å². The van der Waals surface area contributed by atoms with Crippen LogP contribution in [0.25, 0.3) is 0 Å². The molecule has 0 spiro atoms. The number of benzene rings is 3. The highest BCUT2D eigenvalue weighted by atomic mass is 16.5. The van der Waals surface area contributed by atoms with Crippen LogP contribution >= 0.6 is 0 Å². The second-order valence-corrected chi connectivity index (χ2v) is 29.8. The minimum Gasteiger partial charge on any atom is -0.490 e. The Kier molecular flexibility index (Phi) is 62.3. The van der Waals surface area contributed by atoms with Crippen molar-refractivity contribution in [3.05, 3.63) is 59.7 Å². The summed E-state index contributed by atoms with van der Waals surface area (Å²) in [6.07, 6.45) is 81.2. The maximum atomic E-state index is 6.88. The predicted molar refractivity (Wildman–Crippen MR) is 438 cm³/mol. The molecule has 3 rings (SSSR count). The van der Waals surface area contributed by atoms with Gasteiger partial charge in [-0.25, -0.2) is 0 Å². The fraction of sp³-hybridized carbons (Fsp3) is 0.783. The van der Waals surface area contributed by atoms with E-state index in [1.54, 1.807) is 0 Å². The van der Waals surface area contributed by atoms with Crippen molar-refractivity contribution in [3.8, 4) is 34.5 Å². The third-order valence-electron chi connectivity index (χ3n) is 20.3. The topological polar surface area (TPSA) is 80.1 Å². The average molecular weight is 1390 g/mol. The van der Waals surface area contributed by atoms with Crippen molar-refractivity contribution in [1.29, 1.82) is 0 Å². The quantitative estimate of drug-likeness (QED) is 0.0414. The van der Waals surface area contributed by atoms with Crippen LogP contribution in [0.3, 0.4) is 0 Å². The summed E-state index contributed by atoms with van der Waals surface area (Å²) in [6.45, 7) is 17.7. The number of hydrogen-bond donors (Lipinski definition) is 0. The highest BCUT2D eigenvalue weighted by Crippen LogP contribution is 2.43. The summed E-state index contributed by atoms with van der Waals surface area (Å²) in [5.41, 5.74) is 3.51. The number of ether oxygens (including phenoxy) is 6. The minimum atomic E-state index is 0.634. The van der Waals surface area contributed by atoms with Crippen LogP contribution in [0.1, 0.15) is 438 Å². The van der Waals surface area contributed by atoms with Crippen molar-refractivity contribution in [2.24, 2.45) is 9.98 Å². The molecule has 0 aliphatic rings. The van der Waals surface area contributed by atoms with Gasteiger partial charge in [-0.15, -0.1) is 0 Å². The summed E-state index contributed by atoms with van der Waals surface area (Å²) >= 11 is 0. The number of aliphatic imine (C=N–C) groups is 2. The second-order valence-electron chi connectivity index (χ2n) is 29.8. The summed E-state index contributed by atoms with van der Waals surface area (Å²) in [5.74, 6) is 4.54. The molecule has 3 aromatic carbocycles. The van der Waals surface area contributed by atoms with E-state index >= 15 is 0 Å². The van der Waals surface area contributed by atoms with E-state index in [-0.39, 0.29) is 0 Å². The summed E-state index contributed by atoms with van der Waals surface area (Å²) in [4.78, 5) is 10.2. The van der Waals surface area contributed by atoms with E-state index in [0.717, 1.165) is 108 Å². The first kappa shape index (κ1) is 90.0. The van der Waals surface area contributed by atoms with Gasteiger partial charge in [0.25, 0.3) is 0 Å². The highest BCUT2D eigenvalue weighted by molar-refractivity contribution is 5.89. The first-order valence-electron chi connectivity index (χ1n) is 43.9. The van der Waals surface area contributed by atoms with Gasteiger partial charge in [0.1, 0.15) is 0 Å². The van der Waals surface area contributed by atoms with E-state index < -0.39 is 0 Å². The molecule has 0 aliphatic carbocycles. The van der Waals surface area contributed by atoms with Crippen LogP contribution in [0.15, 0.2) is 58.5 Å². The molecule has 0 fully saturated rings. The number of nitrogens with zero attached hydrogens (tertiary/aromatic N) is 2. The molecule has 8 nitrogen and oxygen atoms in total. The van der Waals surface area contributed by atoms with Crippen molar-refractivity contribution in [1.82, 2.24) is 0 Å². The van der Waals surface area contributed by atoms with Crippen molar-refractivity contribution < 1.29 is 28.4 Å². The van der Waals surface area contributed by atoms with Gasteiger partial charge in [0.05, 0.1) is 51.0 Å². The van der Waals surface area contributed by atoms with Crippen LogP contribution in [0.5, 0.6) is 34.5 Å². The average Bonchev–Trinajstić information content (AvgIpc) is 0.825. The van der Waals surface area contributed by atoms with E-state index in [0.29, 0.717) is 39.6 Å². The fourth-order valence-electron chi connectivity index (χ4n) is 13.6. The summed E-state index contributed by atoms with van der Waals surface area (Å²) in [7, 11) is 0. The van der Waals surface area contributed by atoms with Crippen LogP contribution < -0.4 is 28.4 Å². The van der Waals surface area contributed by atoms with E-state index in [1.165, 1.54) is 334 Å². The van der Waals surface area contributed by atoms with Gasteiger partial charge in [-0.1, -0.05) is 388 Å². The first-order valence-corrected chi connectivity index (χ1v) is 43.9. The summed E-state index contributed by atoms with van der Waals surface area (Å²) < 4.78 is 40.8. The molecule has 100 heavy (non-hydrogen) atoms. The van der Waals surface area contributed by atoms with E-state index in [2.05, 4.69) is 90.1 Å². The number of hydrogen-bond acceptors (Lipinski definition) is 8. The number of unbranched alkanes of at least 4 members (excludes halogenated alkanes) is 54. The molecule has 0 saturated carbocycles. The standard InChI is InChI=1S/C92H160N2O6/c1-7-13-19-25-31-37-43-49-55-61-75-95-87-73-67-83(89(97-77-63-57-51-45-39-33-27-21-15-9-3)91(87)99-79-65-59-53-47-41-35-29-23-17-11-5)81-93-85-69-71-86(72-70-85)94-82-84-68-74-88(96-76-62-56-50-44-38-32-26-20-14-8-2)92(100-80-66-60-54-48-42-36-30-24-18-12-6)90(84)98-78-64-58-52-46-40-34-28-22-16-10-4/h67-74,81-82H,7-66,75-80H2,1-6H3. The molecular formula is C92H160N2O6. The zero-order valence-corrected chi connectivity index (χ0v) is 66.8. The molecule has 0 radical (unpaired) electrons. The van der Waals surface area contributed by atoms with Gasteiger partial charge in [0, 0.05) is 23.6 Å². The Bertz CT molecular complexity index is 2140. The predicted octanol–water partition coefficient (Wildman–Crippen LogP) is 31.0. The lowest BCUT2D eigenvalue weighted by Gasteiger charge is -2.19. The van der Waals surface area contributed by atoms with Gasteiger partial charge in [0.15, 0.2) is 23.0 Å². The number of rotatable bonds is 76. The molecule has 0 aromatic heterocycles. The van der Waals surface area contributed by atoms with Crippen LogP contribution in [-0.4, -0.2) is 52.1 Å². The third-order valence-corrected chi connectivity index (χ3v) is 20.3. The van der Waals surface area contributed by atoms with Crippen LogP contribution in [-0.2, 0) is 0 Å². The zero-order chi connectivity index (χ0) is 71.2. The molecule has 3 aromatic rings. The lowest BCUT2D eigenvalue weighted by atomic mass is 10.1. The molecule has 0 N–H and O–H groups in total. The van der Waals surface area contributed by atoms with Crippen LogP contribution in [0.2, 0.25) is 0 Å². The maximum Gasteiger partial charge on any atom is 0.204 e. The maximum absolute atomic E-state index is 6.88. The third kappa shape index (κ3) is 49.5. The Morgan fingerprint density at radius 3 is 0.560 bits per heavy atom. The minimum absolute atomic E-state index is 0.634. The first-order chi connectivity index (χ1) is 49.6. The Morgan fingerprint density at radius 1 is 0.190 bits per heavy atom. The van der Waals surface area contributed by atoms with Gasteiger partial charge in [-0.05, 0) is 87.1 Å². The Labute approximate surface area is 619 Å². The second kappa shape index (κ2) is 69.2. The fourth-order valence-corrected chi connectivity index (χ4v) is 13.6. The molecule has 0 unspecified atom stereocenters. The lowest BCUT2D eigenvalue weighted by molar-refractivity contribution is 0.234. The van der Waals surface area contributed by atoms with Crippen molar-refractivity contribution in [2.45, 2.75) is 427 Å². The molecule has 574 valence electrons. The van der Waals surface area contributed by atoms with Crippen molar-refractivity contribution in [3.63, 3.8) is 0 Å². The van der Waals surface area contributed by atoms with E-state index in [1.807, 2.05) is 12.4 Å². The molecule has 0 aliphatic heterocycles. The van der Waals surface area contributed by atoms with E-state index in [9.17, 15) is 0 Å². The largest absolute Gasteiger partial charge is 0.490 e. The molecule has 8 heteroatoms. The smallest absolute Gasteiger partial charge is 0.204 e. The SMILES string of the molecule is CCCCCCCCCCCCOc1ccc(C=Nc2ccc(N=Cc3ccc(OCCCCCCCCCCCC)c(OCCCCCCCCCCCC)c3OCCCCCCCCCCCC)cc2)c(OCCCCCCCCCCCC)c1OCCCCCCCCCCCC. The molecule has 0 atom stereocenters. The molecular weight excluding hydrogens is 1230 g/mol. The molecule has 0 heterocycles. The summed E-state index contributed by atoms with van der Waals surface area (Å²) in [5, 5.41) is 0. The van der Waals surface area contributed by atoms with Crippen LogP contribution in [0, 0.1) is 0 Å². The Hall–Kier alpha value is -4.20. The normalized spacial score (nSPS) is 11.7. The van der Waals surface area contributed by atoms with Gasteiger partial charge < -0.3 is 28.4 Å². The summed E-state index contributed by atoms with van der Waals surface area (Å²) in [6, 6.07) is 16.7. The molecule has 0 bridgehead atoms. The highest BCUT2D eigenvalue weighted by Gasteiger charge is 2.20. The lowest BCUT2D eigenvalue weighted by Crippen LogP contribution is -2.08. The van der Waals surface area contributed by atoms with Crippen molar-refractivity contribution in [2.75, 3.05) is 39.6 Å². The van der Waals surface area contributed by atoms with Gasteiger partial charge >= 0.3 is 0 Å². The molecule has 0 amide bonds. The Morgan fingerprint density at radius 2 is 0.360 bits per heavy atom. The Balaban J connectivity index is 1.91.